The van der Waals surface area contributed by atoms with E-state index < -0.39 is 15.6 Å². The molecule has 5 nitrogen and oxygen atoms in total. The molecule has 1 aliphatic rings. The first-order valence-electron chi connectivity index (χ1n) is 7.06. The van der Waals surface area contributed by atoms with Gasteiger partial charge in [0.25, 0.3) is 0 Å². The number of hydrogen-bond donors (Lipinski definition) is 2. The van der Waals surface area contributed by atoms with Gasteiger partial charge in [0, 0.05) is 11.0 Å². The summed E-state index contributed by atoms with van der Waals surface area (Å²) >= 11 is 5.10. The summed E-state index contributed by atoms with van der Waals surface area (Å²) in [6, 6.07) is 6.72. The molecule has 8 heteroatoms. The van der Waals surface area contributed by atoms with E-state index in [-0.39, 0.29) is 24.7 Å². The molecule has 1 heterocycles. The molecule has 0 aromatic heterocycles. The van der Waals surface area contributed by atoms with E-state index in [1.54, 1.807) is 24.3 Å². The summed E-state index contributed by atoms with van der Waals surface area (Å²) in [4.78, 5) is 0.220. The first kappa shape index (κ1) is 18.2. The van der Waals surface area contributed by atoms with Crippen LogP contribution in [0.3, 0.4) is 0 Å². The summed E-state index contributed by atoms with van der Waals surface area (Å²) in [5.74, 6) is 1.87. The Balaban J connectivity index is 2.09. The SMILES string of the molecule is O=S(=O)(NCC1(OCCO)CCSCC1)c1ccccc1Br. The fourth-order valence-corrected chi connectivity index (χ4v) is 5.70. The molecule has 0 saturated carbocycles. The fraction of sp³-hybridized carbons (Fsp3) is 0.571. The molecular formula is C14H20BrNO4S2. The molecule has 1 aromatic carbocycles. The number of sulfonamides is 1. The van der Waals surface area contributed by atoms with Gasteiger partial charge in [-0.1, -0.05) is 12.1 Å². The van der Waals surface area contributed by atoms with Crippen LogP contribution in [0.1, 0.15) is 12.8 Å². The predicted molar refractivity (Wildman–Crippen MR) is 91.7 cm³/mol. The highest BCUT2D eigenvalue weighted by Crippen LogP contribution is 2.30. The molecule has 124 valence electrons. The summed E-state index contributed by atoms with van der Waals surface area (Å²) in [5.41, 5.74) is -0.525. The van der Waals surface area contributed by atoms with Crippen molar-refractivity contribution in [3.8, 4) is 0 Å². The van der Waals surface area contributed by atoms with E-state index in [1.165, 1.54) is 0 Å². The Labute approximate surface area is 144 Å². The van der Waals surface area contributed by atoms with Crippen molar-refractivity contribution in [2.45, 2.75) is 23.3 Å². The molecule has 22 heavy (non-hydrogen) atoms. The summed E-state index contributed by atoms with van der Waals surface area (Å²) in [7, 11) is -3.60. The van der Waals surface area contributed by atoms with Crippen LogP contribution < -0.4 is 4.72 Å². The average Bonchev–Trinajstić information content (AvgIpc) is 2.53. The number of rotatable bonds is 7. The zero-order valence-electron chi connectivity index (χ0n) is 12.1. The highest BCUT2D eigenvalue weighted by Gasteiger charge is 2.34. The third-order valence-corrected chi connectivity index (χ3v) is 7.01. The topological polar surface area (TPSA) is 75.6 Å². The number of nitrogens with one attached hydrogen (secondary N) is 1. The van der Waals surface area contributed by atoms with Gasteiger partial charge in [0.1, 0.15) is 0 Å². The lowest BCUT2D eigenvalue weighted by atomic mass is 9.97. The number of ether oxygens (including phenoxy) is 1. The highest BCUT2D eigenvalue weighted by molar-refractivity contribution is 9.10. The Morgan fingerprint density at radius 1 is 1.32 bits per heavy atom. The summed E-state index contributed by atoms with van der Waals surface area (Å²) in [6.07, 6.45) is 1.55. The van der Waals surface area contributed by atoms with Gasteiger partial charge in [0.2, 0.25) is 10.0 Å². The third kappa shape index (κ3) is 4.69. The molecule has 0 atom stereocenters. The first-order valence-corrected chi connectivity index (χ1v) is 10.5. The summed E-state index contributed by atoms with van der Waals surface area (Å²) < 4.78 is 33.9. The van der Waals surface area contributed by atoms with Gasteiger partial charge in [-0.2, -0.15) is 11.8 Å². The standard InChI is InChI=1S/C14H20BrNO4S2/c15-12-3-1-2-4-13(12)22(18,19)16-11-14(20-8-7-17)5-9-21-10-6-14/h1-4,16-17H,5-11H2. The first-order chi connectivity index (χ1) is 10.5. The molecule has 0 bridgehead atoms. The van der Waals surface area contributed by atoms with Crippen LogP contribution in [0.2, 0.25) is 0 Å². The van der Waals surface area contributed by atoms with Gasteiger partial charge in [-0.3, -0.25) is 0 Å². The molecule has 1 saturated heterocycles. The number of thioether (sulfide) groups is 1. The van der Waals surface area contributed by atoms with Crippen LogP contribution in [0.4, 0.5) is 0 Å². The smallest absolute Gasteiger partial charge is 0.241 e. The molecular weight excluding hydrogens is 390 g/mol. The van der Waals surface area contributed by atoms with Crippen molar-refractivity contribution in [3.05, 3.63) is 28.7 Å². The maximum Gasteiger partial charge on any atom is 0.241 e. The van der Waals surface area contributed by atoms with Crippen LogP contribution in [0.25, 0.3) is 0 Å². The molecule has 2 N–H and O–H groups in total. The zero-order chi connectivity index (χ0) is 16.1. The van der Waals surface area contributed by atoms with E-state index in [0.29, 0.717) is 4.47 Å². The lowest BCUT2D eigenvalue weighted by Gasteiger charge is -2.37. The number of halogens is 1. The molecule has 0 radical (unpaired) electrons. The van der Waals surface area contributed by atoms with Gasteiger partial charge in [0.15, 0.2) is 0 Å². The molecule has 0 amide bonds. The van der Waals surface area contributed by atoms with E-state index in [4.69, 9.17) is 9.84 Å². The minimum atomic E-state index is -3.60. The van der Waals surface area contributed by atoms with Gasteiger partial charge >= 0.3 is 0 Å². The minimum absolute atomic E-state index is 0.0636. The predicted octanol–water partition coefficient (Wildman–Crippen LogP) is 2.00. The fourth-order valence-electron chi connectivity index (χ4n) is 2.34. The third-order valence-electron chi connectivity index (χ3n) is 3.61. The van der Waals surface area contributed by atoms with E-state index in [0.717, 1.165) is 24.3 Å². The lowest BCUT2D eigenvalue weighted by molar-refractivity contribution is -0.0591. The van der Waals surface area contributed by atoms with Crippen molar-refractivity contribution < 1.29 is 18.3 Å². The van der Waals surface area contributed by atoms with Crippen molar-refractivity contribution in [2.75, 3.05) is 31.3 Å². The van der Waals surface area contributed by atoms with Crippen LogP contribution in [-0.4, -0.2) is 50.4 Å². The second-order valence-corrected chi connectivity index (χ2v) is 8.94. The van der Waals surface area contributed by atoms with Crippen molar-refractivity contribution >= 4 is 37.7 Å². The Morgan fingerprint density at radius 3 is 2.64 bits per heavy atom. The van der Waals surface area contributed by atoms with Crippen molar-refractivity contribution in [1.29, 1.82) is 0 Å². The number of benzene rings is 1. The second kappa shape index (κ2) is 8.12. The molecule has 0 unspecified atom stereocenters. The monoisotopic (exact) mass is 409 g/mol. The summed E-state index contributed by atoms with van der Waals surface area (Å²) in [5, 5.41) is 8.98. The number of aliphatic hydroxyl groups is 1. The molecule has 1 aliphatic heterocycles. The zero-order valence-corrected chi connectivity index (χ0v) is 15.3. The maximum absolute atomic E-state index is 12.5. The molecule has 2 rings (SSSR count). The Bertz CT molecular complexity index is 588. The van der Waals surface area contributed by atoms with Crippen LogP contribution in [0.5, 0.6) is 0 Å². The van der Waals surface area contributed by atoms with Crippen LogP contribution in [0, 0.1) is 0 Å². The molecule has 1 aromatic rings. The van der Waals surface area contributed by atoms with Crippen LogP contribution in [-0.2, 0) is 14.8 Å². The Morgan fingerprint density at radius 2 is 2.00 bits per heavy atom. The average molecular weight is 410 g/mol. The summed E-state index contributed by atoms with van der Waals surface area (Å²) in [6.45, 7) is 0.379. The molecule has 1 fully saturated rings. The minimum Gasteiger partial charge on any atom is -0.394 e. The van der Waals surface area contributed by atoms with Gasteiger partial charge in [-0.05, 0) is 52.4 Å². The normalized spacial score (nSPS) is 18.3. The van der Waals surface area contributed by atoms with E-state index in [1.807, 2.05) is 11.8 Å². The maximum atomic E-state index is 12.5. The molecule has 0 spiro atoms. The second-order valence-electron chi connectivity index (χ2n) is 5.12. The number of aliphatic hydroxyl groups excluding tert-OH is 1. The largest absolute Gasteiger partial charge is 0.394 e. The van der Waals surface area contributed by atoms with Crippen LogP contribution in [0.15, 0.2) is 33.6 Å². The van der Waals surface area contributed by atoms with E-state index in [2.05, 4.69) is 20.7 Å². The van der Waals surface area contributed by atoms with Gasteiger partial charge in [-0.25, -0.2) is 13.1 Å². The molecule has 0 aliphatic carbocycles. The van der Waals surface area contributed by atoms with Crippen LogP contribution >= 0.6 is 27.7 Å². The van der Waals surface area contributed by atoms with Crippen molar-refractivity contribution in [3.63, 3.8) is 0 Å². The van der Waals surface area contributed by atoms with E-state index in [9.17, 15) is 8.42 Å². The van der Waals surface area contributed by atoms with Crippen molar-refractivity contribution in [1.82, 2.24) is 4.72 Å². The van der Waals surface area contributed by atoms with Gasteiger partial charge < -0.3 is 9.84 Å². The lowest BCUT2D eigenvalue weighted by Crippen LogP contribution is -2.48. The van der Waals surface area contributed by atoms with Crippen molar-refractivity contribution in [2.24, 2.45) is 0 Å². The highest BCUT2D eigenvalue weighted by atomic mass is 79.9. The van der Waals surface area contributed by atoms with Gasteiger partial charge in [0.05, 0.1) is 23.7 Å². The van der Waals surface area contributed by atoms with E-state index >= 15 is 0 Å². The number of hydrogen-bond acceptors (Lipinski definition) is 5. The Kier molecular flexibility index (Phi) is 6.73. The van der Waals surface area contributed by atoms with Gasteiger partial charge in [-0.15, -0.1) is 0 Å². The quantitative estimate of drug-likeness (QED) is 0.719. The Hall–Kier alpha value is -0.120.